The van der Waals surface area contributed by atoms with Gasteiger partial charge in [0.05, 0.1) is 5.92 Å². The van der Waals surface area contributed by atoms with Crippen LogP contribution in [0.5, 0.6) is 0 Å². The number of halogens is 2. The van der Waals surface area contributed by atoms with Gasteiger partial charge >= 0.3 is 0 Å². The van der Waals surface area contributed by atoms with Gasteiger partial charge in [-0.05, 0) is 25.0 Å². The molecule has 1 aliphatic carbocycles. The number of carbonyl (C=O) groups is 3. The standard InChI is InChI=1S/C19H21F2N3O3/c20-14-8-15(21)10-16(9-14)24-11-13(7-17(24)25)19(27)23-5-3-22(4-6-23)18(26)12-1-2-12/h8-10,12-13H,1-7,11H2. The molecule has 8 heteroatoms. The molecular formula is C19H21F2N3O3. The third kappa shape index (κ3) is 3.65. The molecule has 2 heterocycles. The summed E-state index contributed by atoms with van der Waals surface area (Å²) in [5.74, 6) is -2.16. The lowest BCUT2D eigenvalue weighted by molar-refractivity contribution is -0.142. The minimum Gasteiger partial charge on any atom is -0.339 e. The van der Waals surface area contributed by atoms with Gasteiger partial charge < -0.3 is 14.7 Å². The number of hydrogen-bond acceptors (Lipinski definition) is 3. The summed E-state index contributed by atoms with van der Waals surface area (Å²) in [6.07, 6.45) is 1.94. The fourth-order valence-corrected chi connectivity index (χ4v) is 3.81. The fraction of sp³-hybridized carbons (Fsp3) is 0.526. The smallest absolute Gasteiger partial charge is 0.228 e. The highest BCUT2D eigenvalue weighted by Crippen LogP contribution is 2.32. The average Bonchev–Trinajstić information content (AvgIpc) is 3.42. The second-order valence-electron chi connectivity index (χ2n) is 7.46. The van der Waals surface area contributed by atoms with Crippen molar-refractivity contribution in [3.05, 3.63) is 29.8 Å². The van der Waals surface area contributed by atoms with Crippen molar-refractivity contribution in [1.29, 1.82) is 0 Å². The minimum atomic E-state index is -0.760. The van der Waals surface area contributed by atoms with Crippen LogP contribution in [-0.2, 0) is 14.4 Å². The molecule has 6 nitrogen and oxygen atoms in total. The van der Waals surface area contributed by atoms with Gasteiger partial charge in [0.15, 0.2) is 0 Å². The van der Waals surface area contributed by atoms with E-state index in [1.165, 1.54) is 4.90 Å². The molecule has 0 bridgehead atoms. The molecule has 2 aliphatic heterocycles. The summed E-state index contributed by atoms with van der Waals surface area (Å²) >= 11 is 0. The van der Waals surface area contributed by atoms with E-state index in [1.54, 1.807) is 4.90 Å². The van der Waals surface area contributed by atoms with Crippen LogP contribution in [0.25, 0.3) is 0 Å². The van der Waals surface area contributed by atoms with Gasteiger partial charge in [-0.1, -0.05) is 0 Å². The minimum absolute atomic E-state index is 0.0260. The SMILES string of the molecule is O=C(C1CC1)N1CCN(C(=O)C2CC(=O)N(c3cc(F)cc(F)c3)C2)CC1. The normalized spacial score (nSPS) is 23.1. The molecule has 1 aromatic carbocycles. The molecule has 4 rings (SSSR count). The number of hydrogen-bond donors (Lipinski definition) is 0. The van der Waals surface area contributed by atoms with Crippen LogP contribution in [0.4, 0.5) is 14.5 Å². The van der Waals surface area contributed by atoms with E-state index in [1.807, 2.05) is 4.90 Å². The molecular weight excluding hydrogens is 356 g/mol. The largest absolute Gasteiger partial charge is 0.339 e. The monoisotopic (exact) mass is 377 g/mol. The summed E-state index contributed by atoms with van der Waals surface area (Å²) in [4.78, 5) is 41.9. The number of carbonyl (C=O) groups excluding carboxylic acids is 3. The van der Waals surface area contributed by atoms with Crippen LogP contribution < -0.4 is 4.90 Å². The summed E-state index contributed by atoms with van der Waals surface area (Å²) in [6.45, 7) is 2.05. The van der Waals surface area contributed by atoms with E-state index in [-0.39, 0.29) is 42.3 Å². The van der Waals surface area contributed by atoms with Crippen molar-refractivity contribution >= 4 is 23.4 Å². The van der Waals surface area contributed by atoms with E-state index < -0.39 is 17.6 Å². The molecule has 1 atom stereocenters. The van der Waals surface area contributed by atoms with Crippen LogP contribution in [0.2, 0.25) is 0 Å². The van der Waals surface area contributed by atoms with E-state index in [4.69, 9.17) is 0 Å². The molecule has 1 saturated carbocycles. The van der Waals surface area contributed by atoms with Crippen LogP contribution in [0, 0.1) is 23.5 Å². The summed E-state index contributed by atoms with van der Waals surface area (Å²) in [5, 5.41) is 0. The number of piperazine rings is 1. The van der Waals surface area contributed by atoms with Crippen LogP contribution in [0.3, 0.4) is 0 Å². The third-order valence-corrected chi connectivity index (χ3v) is 5.46. The fourth-order valence-electron chi connectivity index (χ4n) is 3.81. The number of benzene rings is 1. The molecule has 144 valence electrons. The zero-order valence-electron chi connectivity index (χ0n) is 14.9. The number of anilines is 1. The highest BCUT2D eigenvalue weighted by molar-refractivity contribution is 6.00. The summed E-state index contributed by atoms with van der Waals surface area (Å²) < 4.78 is 26.9. The Labute approximate surface area is 155 Å². The van der Waals surface area contributed by atoms with Gasteiger partial charge in [0, 0.05) is 56.8 Å². The predicted octanol–water partition coefficient (Wildman–Crippen LogP) is 1.40. The van der Waals surface area contributed by atoms with Crippen LogP contribution in [0.1, 0.15) is 19.3 Å². The molecule has 0 spiro atoms. The quantitative estimate of drug-likeness (QED) is 0.800. The third-order valence-electron chi connectivity index (χ3n) is 5.46. The second kappa shape index (κ2) is 6.90. The Balaban J connectivity index is 1.37. The predicted molar refractivity (Wildman–Crippen MR) is 92.7 cm³/mol. The number of amides is 3. The van der Waals surface area contributed by atoms with Crippen molar-refractivity contribution in [3.63, 3.8) is 0 Å². The Morgan fingerprint density at radius 3 is 1.89 bits per heavy atom. The topological polar surface area (TPSA) is 60.9 Å². The molecule has 0 N–H and O–H groups in total. The molecule has 0 aromatic heterocycles. The summed E-state index contributed by atoms with van der Waals surface area (Å²) in [6, 6.07) is 2.93. The maximum absolute atomic E-state index is 13.4. The van der Waals surface area contributed by atoms with Gasteiger partial charge in [0.25, 0.3) is 0 Å². The maximum Gasteiger partial charge on any atom is 0.228 e. The Morgan fingerprint density at radius 1 is 0.852 bits per heavy atom. The molecule has 3 aliphatic rings. The van der Waals surface area contributed by atoms with Gasteiger partial charge in [-0.2, -0.15) is 0 Å². The molecule has 3 amide bonds. The number of rotatable bonds is 3. The zero-order chi connectivity index (χ0) is 19.1. The van der Waals surface area contributed by atoms with Gasteiger partial charge in [-0.25, -0.2) is 8.78 Å². The Bertz CT molecular complexity index is 768. The van der Waals surface area contributed by atoms with E-state index in [0.717, 1.165) is 31.0 Å². The first-order valence-corrected chi connectivity index (χ1v) is 9.26. The lowest BCUT2D eigenvalue weighted by Crippen LogP contribution is -2.52. The maximum atomic E-state index is 13.4. The summed E-state index contributed by atoms with van der Waals surface area (Å²) in [5.41, 5.74) is 0.132. The molecule has 0 radical (unpaired) electrons. The lowest BCUT2D eigenvalue weighted by atomic mass is 10.1. The van der Waals surface area contributed by atoms with Crippen LogP contribution >= 0.6 is 0 Å². The second-order valence-corrected chi connectivity index (χ2v) is 7.46. The molecule has 1 aromatic rings. The first-order chi connectivity index (χ1) is 12.9. The zero-order valence-corrected chi connectivity index (χ0v) is 14.9. The van der Waals surface area contributed by atoms with E-state index in [0.29, 0.717) is 26.2 Å². The average molecular weight is 377 g/mol. The van der Waals surface area contributed by atoms with Crippen molar-refractivity contribution in [3.8, 4) is 0 Å². The molecule has 1 unspecified atom stereocenters. The van der Waals surface area contributed by atoms with Gasteiger partial charge in [0.1, 0.15) is 11.6 Å². The molecule has 3 fully saturated rings. The van der Waals surface area contributed by atoms with Gasteiger partial charge in [-0.3, -0.25) is 14.4 Å². The Hall–Kier alpha value is -2.51. The molecule has 2 saturated heterocycles. The van der Waals surface area contributed by atoms with E-state index in [2.05, 4.69) is 0 Å². The summed E-state index contributed by atoms with van der Waals surface area (Å²) in [7, 11) is 0. The lowest BCUT2D eigenvalue weighted by Gasteiger charge is -2.36. The highest BCUT2D eigenvalue weighted by atomic mass is 19.1. The van der Waals surface area contributed by atoms with Crippen molar-refractivity contribution < 1.29 is 23.2 Å². The van der Waals surface area contributed by atoms with Crippen LogP contribution in [0.15, 0.2) is 18.2 Å². The van der Waals surface area contributed by atoms with Gasteiger partial charge in [-0.15, -0.1) is 0 Å². The Kier molecular flexibility index (Phi) is 4.57. The van der Waals surface area contributed by atoms with Crippen molar-refractivity contribution in [1.82, 2.24) is 9.80 Å². The van der Waals surface area contributed by atoms with E-state index in [9.17, 15) is 23.2 Å². The Morgan fingerprint density at radius 2 is 1.37 bits per heavy atom. The van der Waals surface area contributed by atoms with Crippen molar-refractivity contribution in [2.45, 2.75) is 19.3 Å². The van der Waals surface area contributed by atoms with Crippen molar-refractivity contribution in [2.75, 3.05) is 37.6 Å². The highest BCUT2D eigenvalue weighted by Gasteiger charge is 2.39. The molecule has 27 heavy (non-hydrogen) atoms. The van der Waals surface area contributed by atoms with Crippen molar-refractivity contribution in [2.24, 2.45) is 11.8 Å². The number of nitrogens with zero attached hydrogens (tertiary/aromatic N) is 3. The van der Waals surface area contributed by atoms with Gasteiger partial charge in [0.2, 0.25) is 17.7 Å². The van der Waals surface area contributed by atoms with Crippen LogP contribution in [-0.4, -0.2) is 60.2 Å². The van der Waals surface area contributed by atoms with E-state index >= 15 is 0 Å². The first kappa shape index (κ1) is 17.9. The first-order valence-electron chi connectivity index (χ1n) is 9.26.